The van der Waals surface area contributed by atoms with Crippen molar-refractivity contribution >= 4 is 11.6 Å². The van der Waals surface area contributed by atoms with E-state index in [0.29, 0.717) is 18.9 Å². The minimum absolute atomic E-state index is 0.0298. The van der Waals surface area contributed by atoms with Gasteiger partial charge in [0.15, 0.2) is 0 Å². The Morgan fingerprint density at radius 3 is 3.10 bits per heavy atom. The molecule has 1 aromatic heterocycles. The van der Waals surface area contributed by atoms with Gasteiger partial charge in [0.05, 0.1) is 12.5 Å². The highest BCUT2D eigenvalue weighted by molar-refractivity contribution is 5.80. The van der Waals surface area contributed by atoms with Crippen LogP contribution in [0.15, 0.2) is 30.6 Å². The van der Waals surface area contributed by atoms with Gasteiger partial charge >= 0.3 is 0 Å². The Bertz CT molecular complexity index is 595. The van der Waals surface area contributed by atoms with Crippen LogP contribution >= 0.6 is 0 Å². The minimum Gasteiger partial charge on any atom is -0.384 e. The van der Waals surface area contributed by atoms with Gasteiger partial charge in [-0.25, -0.2) is 4.98 Å². The second-order valence-corrected chi connectivity index (χ2v) is 5.07. The summed E-state index contributed by atoms with van der Waals surface area (Å²) in [4.78, 5) is 18.2. The highest BCUT2D eigenvalue weighted by Crippen LogP contribution is 2.25. The molecule has 0 spiro atoms. The Labute approximate surface area is 117 Å². The van der Waals surface area contributed by atoms with Crippen LogP contribution in [0.5, 0.6) is 0 Å². The van der Waals surface area contributed by atoms with E-state index in [1.54, 1.807) is 11.9 Å². The average molecular weight is 271 g/mol. The normalized spacial score (nSPS) is 17.1. The van der Waals surface area contributed by atoms with Gasteiger partial charge in [0.25, 0.3) is 0 Å². The summed E-state index contributed by atoms with van der Waals surface area (Å²) in [5, 5.41) is 9.89. The first-order chi connectivity index (χ1) is 9.74. The van der Waals surface area contributed by atoms with E-state index in [9.17, 15) is 4.79 Å². The molecule has 0 aliphatic carbocycles. The number of benzene rings is 1. The van der Waals surface area contributed by atoms with Crippen molar-refractivity contribution in [2.24, 2.45) is 5.92 Å². The molecule has 1 aliphatic rings. The molecule has 20 heavy (non-hydrogen) atoms. The summed E-state index contributed by atoms with van der Waals surface area (Å²) >= 11 is 0. The first kappa shape index (κ1) is 12.7. The quantitative estimate of drug-likeness (QED) is 0.875. The molecule has 0 radical (unpaired) electrons. The highest BCUT2D eigenvalue weighted by Gasteiger charge is 2.26. The molecular weight excluding hydrogens is 254 g/mol. The topological polar surface area (TPSA) is 73.9 Å². The third-order valence-corrected chi connectivity index (χ3v) is 3.60. The molecular formula is C14H17N5O. The minimum atomic E-state index is -0.0298. The molecule has 2 aromatic rings. The molecule has 1 amide bonds. The molecule has 0 saturated heterocycles. The van der Waals surface area contributed by atoms with Crippen molar-refractivity contribution in [2.45, 2.75) is 13.0 Å². The molecule has 6 nitrogen and oxygen atoms in total. The summed E-state index contributed by atoms with van der Waals surface area (Å²) < 4.78 is 0. The van der Waals surface area contributed by atoms with Crippen LogP contribution in [0.2, 0.25) is 0 Å². The summed E-state index contributed by atoms with van der Waals surface area (Å²) in [7, 11) is 1.80. The van der Waals surface area contributed by atoms with Crippen LogP contribution in [0, 0.1) is 5.92 Å². The number of amides is 1. The lowest BCUT2D eigenvalue weighted by molar-refractivity contribution is -0.134. The Morgan fingerprint density at radius 2 is 2.30 bits per heavy atom. The number of carbonyl (C=O) groups excluding carboxylic acids is 1. The number of nitrogens with one attached hydrogen (secondary N) is 2. The number of nitrogens with zero attached hydrogens (tertiary/aromatic N) is 3. The van der Waals surface area contributed by atoms with Crippen LogP contribution in [0.1, 0.15) is 11.4 Å². The molecule has 1 aromatic carbocycles. The lowest BCUT2D eigenvalue weighted by atomic mass is 9.93. The number of hydrogen-bond donors (Lipinski definition) is 2. The van der Waals surface area contributed by atoms with E-state index in [0.717, 1.165) is 12.1 Å². The van der Waals surface area contributed by atoms with Crippen LogP contribution in [0.4, 0.5) is 5.69 Å². The second-order valence-electron chi connectivity index (χ2n) is 5.07. The van der Waals surface area contributed by atoms with E-state index >= 15 is 0 Å². The maximum atomic E-state index is 12.5. The Morgan fingerprint density at radius 1 is 1.45 bits per heavy atom. The number of rotatable bonds is 3. The maximum Gasteiger partial charge on any atom is 0.227 e. The van der Waals surface area contributed by atoms with Crippen LogP contribution in [0.25, 0.3) is 0 Å². The predicted octanol–water partition coefficient (Wildman–Crippen LogP) is 1.05. The average Bonchev–Trinajstić information content (AvgIpc) is 2.99. The first-order valence-corrected chi connectivity index (χ1v) is 6.65. The maximum absolute atomic E-state index is 12.5. The van der Waals surface area contributed by atoms with Gasteiger partial charge in [-0.1, -0.05) is 18.2 Å². The van der Waals surface area contributed by atoms with Crippen LogP contribution in [0.3, 0.4) is 0 Å². The molecule has 1 unspecified atom stereocenters. The highest BCUT2D eigenvalue weighted by atomic mass is 16.2. The van der Waals surface area contributed by atoms with E-state index in [-0.39, 0.29) is 11.8 Å². The molecule has 104 valence electrons. The van der Waals surface area contributed by atoms with Crippen molar-refractivity contribution in [3.63, 3.8) is 0 Å². The monoisotopic (exact) mass is 271 g/mol. The zero-order valence-electron chi connectivity index (χ0n) is 11.3. The van der Waals surface area contributed by atoms with Crippen molar-refractivity contribution < 1.29 is 4.79 Å². The Hall–Kier alpha value is -2.37. The van der Waals surface area contributed by atoms with Crippen molar-refractivity contribution in [3.05, 3.63) is 42.0 Å². The van der Waals surface area contributed by atoms with Crippen LogP contribution < -0.4 is 5.32 Å². The smallest absolute Gasteiger partial charge is 0.227 e. The lowest BCUT2D eigenvalue weighted by Crippen LogP contribution is -2.39. The molecule has 2 N–H and O–H groups in total. The van der Waals surface area contributed by atoms with Gasteiger partial charge in [-0.05, 0) is 18.1 Å². The SMILES string of the molecule is CN(Cc1ncn[nH]1)C(=O)C1CNc2ccccc2C1. The summed E-state index contributed by atoms with van der Waals surface area (Å²) in [6.45, 7) is 1.13. The fourth-order valence-electron chi connectivity index (χ4n) is 2.54. The van der Waals surface area contributed by atoms with Gasteiger partial charge in [-0.15, -0.1) is 0 Å². The molecule has 0 bridgehead atoms. The number of hydrogen-bond acceptors (Lipinski definition) is 4. The Balaban J connectivity index is 1.66. The molecule has 2 heterocycles. The van der Waals surface area contributed by atoms with Gasteiger partial charge in [-0.3, -0.25) is 9.89 Å². The number of aromatic nitrogens is 3. The van der Waals surface area contributed by atoms with E-state index in [1.807, 2.05) is 18.2 Å². The fraction of sp³-hybridized carbons (Fsp3) is 0.357. The molecule has 3 rings (SSSR count). The van der Waals surface area contributed by atoms with Gasteiger partial charge in [0, 0.05) is 19.3 Å². The van der Waals surface area contributed by atoms with E-state index in [1.165, 1.54) is 11.9 Å². The van der Waals surface area contributed by atoms with Crippen molar-refractivity contribution in [1.29, 1.82) is 0 Å². The zero-order chi connectivity index (χ0) is 13.9. The van der Waals surface area contributed by atoms with E-state index < -0.39 is 0 Å². The second kappa shape index (κ2) is 5.32. The summed E-state index contributed by atoms with van der Waals surface area (Å²) in [5.41, 5.74) is 2.33. The molecule has 0 saturated carbocycles. The molecule has 1 aliphatic heterocycles. The largest absolute Gasteiger partial charge is 0.384 e. The Kier molecular flexibility index (Phi) is 3.37. The van der Waals surface area contributed by atoms with E-state index in [4.69, 9.17) is 0 Å². The number of H-pyrrole nitrogens is 1. The van der Waals surface area contributed by atoms with Gasteiger partial charge in [-0.2, -0.15) is 5.10 Å². The number of fused-ring (bicyclic) bond motifs is 1. The van der Waals surface area contributed by atoms with Crippen molar-refractivity contribution in [3.8, 4) is 0 Å². The number of para-hydroxylation sites is 1. The van der Waals surface area contributed by atoms with E-state index in [2.05, 4.69) is 26.6 Å². The molecule has 0 fully saturated rings. The third-order valence-electron chi connectivity index (χ3n) is 3.60. The van der Waals surface area contributed by atoms with Crippen molar-refractivity contribution in [1.82, 2.24) is 20.1 Å². The van der Waals surface area contributed by atoms with Crippen LogP contribution in [-0.2, 0) is 17.8 Å². The lowest BCUT2D eigenvalue weighted by Gasteiger charge is -2.28. The van der Waals surface area contributed by atoms with Gasteiger partial charge in [0.2, 0.25) is 5.91 Å². The molecule has 6 heteroatoms. The number of carbonyl (C=O) groups is 1. The van der Waals surface area contributed by atoms with Gasteiger partial charge in [0.1, 0.15) is 12.2 Å². The standard InChI is InChI=1S/C14H17N5O/c1-19(8-13-16-9-17-18-13)14(20)11-6-10-4-2-3-5-12(10)15-7-11/h2-5,9,11,15H,6-8H2,1H3,(H,16,17,18). The zero-order valence-corrected chi connectivity index (χ0v) is 11.3. The third kappa shape index (κ3) is 2.49. The van der Waals surface area contributed by atoms with Crippen molar-refractivity contribution in [2.75, 3.05) is 18.9 Å². The summed E-state index contributed by atoms with van der Waals surface area (Å²) in [6.07, 6.45) is 2.23. The predicted molar refractivity (Wildman–Crippen MR) is 75.0 cm³/mol. The summed E-state index contributed by atoms with van der Waals surface area (Å²) in [5.74, 6) is 0.797. The fourth-order valence-corrected chi connectivity index (χ4v) is 2.54. The summed E-state index contributed by atoms with van der Waals surface area (Å²) in [6, 6.07) is 8.13. The van der Waals surface area contributed by atoms with Crippen LogP contribution in [-0.4, -0.2) is 39.6 Å². The molecule has 1 atom stereocenters. The number of anilines is 1. The van der Waals surface area contributed by atoms with Gasteiger partial charge < -0.3 is 10.2 Å². The first-order valence-electron chi connectivity index (χ1n) is 6.65. The number of aromatic amines is 1.